The molecule has 0 saturated heterocycles. The third-order valence-electron chi connectivity index (χ3n) is 5.75. The van der Waals surface area contributed by atoms with Crippen molar-refractivity contribution in [1.29, 1.82) is 0 Å². The van der Waals surface area contributed by atoms with E-state index in [9.17, 15) is 9.59 Å². The van der Waals surface area contributed by atoms with E-state index < -0.39 is 5.92 Å². The van der Waals surface area contributed by atoms with Crippen LogP contribution in [0.15, 0.2) is 66.0 Å². The molecule has 4 nitrogen and oxygen atoms in total. The number of amides is 2. The summed E-state index contributed by atoms with van der Waals surface area (Å²) in [6.45, 7) is 6.91. The van der Waals surface area contributed by atoms with Gasteiger partial charge in [0.25, 0.3) is 5.91 Å². The summed E-state index contributed by atoms with van der Waals surface area (Å²) in [7, 11) is 0. The summed E-state index contributed by atoms with van der Waals surface area (Å²) in [6.07, 6.45) is 0.955. The second kappa shape index (κ2) is 9.06. The van der Waals surface area contributed by atoms with Crippen LogP contribution in [0.25, 0.3) is 0 Å². The van der Waals surface area contributed by atoms with Crippen LogP contribution in [-0.4, -0.2) is 23.3 Å². The van der Waals surface area contributed by atoms with Crippen molar-refractivity contribution in [2.24, 2.45) is 5.92 Å². The number of nitrogens with one attached hydrogen (secondary N) is 1. The van der Waals surface area contributed by atoms with E-state index in [1.54, 1.807) is 11.3 Å². The first-order chi connectivity index (χ1) is 15.0. The molecule has 0 fully saturated rings. The van der Waals surface area contributed by atoms with Gasteiger partial charge in [0.1, 0.15) is 0 Å². The Morgan fingerprint density at radius 1 is 1.06 bits per heavy atom. The highest BCUT2D eigenvalue weighted by Crippen LogP contribution is 2.44. The van der Waals surface area contributed by atoms with Crippen LogP contribution in [0, 0.1) is 5.92 Å². The summed E-state index contributed by atoms with van der Waals surface area (Å²) in [5.74, 6) is -0.269. The maximum atomic E-state index is 13.7. The van der Waals surface area contributed by atoms with Crippen molar-refractivity contribution in [2.45, 2.75) is 39.2 Å². The number of thiophene rings is 1. The van der Waals surface area contributed by atoms with Crippen LogP contribution < -0.4 is 5.32 Å². The predicted molar refractivity (Wildman–Crippen MR) is 127 cm³/mol. The van der Waals surface area contributed by atoms with Crippen molar-refractivity contribution < 1.29 is 9.59 Å². The van der Waals surface area contributed by atoms with E-state index in [4.69, 9.17) is 0 Å². The Kier molecular flexibility index (Phi) is 6.23. The quantitative estimate of drug-likeness (QED) is 0.528. The summed E-state index contributed by atoms with van der Waals surface area (Å²) in [5.41, 5.74) is 3.43. The zero-order chi connectivity index (χ0) is 22.0. The molecule has 1 aromatic heterocycles. The van der Waals surface area contributed by atoms with E-state index >= 15 is 0 Å². The second-order valence-corrected chi connectivity index (χ2v) is 9.40. The van der Waals surface area contributed by atoms with Crippen LogP contribution >= 0.6 is 11.3 Å². The number of carbonyl (C=O) groups excluding carboxylic acids is 2. The van der Waals surface area contributed by atoms with E-state index in [2.05, 4.69) is 26.1 Å². The zero-order valence-electron chi connectivity index (χ0n) is 18.2. The van der Waals surface area contributed by atoms with Crippen LogP contribution in [0.1, 0.15) is 59.1 Å². The number of carbonyl (C=O) groups is 2. The highest BCUT2D eigenvalue weighted by Gasteiger charge is 2.44. The van der Waals surface area contributed by atoms with Gasteiger partial charge >= 0.3 is 0 Å². The van der Waals surface area contributed by atoms with E-state index in [0.29, 0.717) is 18.0 Å². The molecule has 2 aromatic carbocycles. The number of hydrogen-bond acceptors (Lipinski definition) is 3. The van der Waals surface area contributed by atoms with Crippen molar-refractivity contribution in [3.05, 3.63) is 87.6 Å². The van der Waals surface area contributed by atoms with Crippen LogP contribution in [0.3, 0.4) is 0 Å². The van der Waals surface area contributed by atoms with Gasteiger partial charge in [0.2, 0.25) is 5.91 Å². The summed E-state index contributed by atoms with van der Waals surface area (Å²) in [5, 5.41) is 5.12. The molecule has 1 N–H and O–H groups in total. The van der Waals surface area contributed by atoms with E-state index in [0.717, 1.165) is 22.5 Å². The lowest BCUT2D eigenvalue weighted by atomic mass is 9.81. The van der Waals surface area contributed by atoms with Crippen molar-refractivity contribution in [3.8, 4) is 0 Å². The van der Waals surface area contributed by atoms with Crippen LogP contribution in [-0.2, 0) is 11.2 Å². The lowest BCUT2D eigenvalue weighted by molar-refractivity contribution is -0.119. The van der Waals surface area contributed by atoms with Gasteiger partial charge in [0, 0.05) is 22.7 Å². The van der Waals surface area contributed by atoms with Crippen LogP contribution in [0.5, 0.6) is 0 Å². The van der Waals surface area contributed by atoms with Gasteiger partial charge in [-0.3, -0.25) is 9.59 Å². The van der Waals surface area contributed by atoms with Gasteiger partial charge in [0.15, 0.2) is 0 Å². The van der Waals surface area contributed by atoms with Gasteiger partial charge in [-0.2, -0.15) is 0 Å². The molecule has 0 radical (unpaired) electrons. The minimum absolute atomic E-state index is 0.000881. The van der Waals surface area contributed by atoms with Crippen molar-refractivity contribution in [1.82, 2.24) is 4.90 Å². The fourth-order valence-electron chi connectivity index (χ4n) is 4.29. The molecule has 0 bridgehead atoms. The highest BCUT2D eigenvalue weighted by atomic mass is 32.1. The fraction of sp³-hybridized carbons (Fsp3) is 0.308. The number of anilines is 1. The molecule has 4 rings (SSSR count). The molecule has 2 heterocycles. The predicted octanol–water partition coefficient (Wildman–Crippen LogP) is 5.89. The topological polar surface area (TPSA) is 49.4 Å². The molecule has 1 aliphatic heterocycles. The molecule has 160 valence electrons. The minimum atomic E-state index is -0.475. The Balaban J connectivity index is 1.78. The number of benzene rings is 2. The third kappa shape index (κ3) is 4.28. The zero-order valence-corrected chi connectivity index (χ0v) is 19.0. The van der Waals surface area contributed by atoms with Crippen LogP contribution in [0.4, 0.5) is 5.69 Å². The molecule has 0 aliphatic carbocycles. The van der Waals surface area contributed by atoms with Crippen molar-refractivity contribution >= 4 is 28.8 Å². The first-order valence-electron chi connectivity index (χ1n) is 10.8. The van der Waals surface area contributed by atoms with Gasteiger partial charge < -0.3 is 10.2 Å². The minimum Gasteiger partial charge on any atom is -0.329 e. The second-order valence-electron chi connectivity index (χ2n) is 8.42. The molecule has 0 spiro atoms. The number of hydrogen-bond donors (Lipinski definition) is 1. The first-order valence-corrected chi connectivity index (χ1v) is 11.7. The van der Waals surface area contributed by atoms with E-state index in [-0.39, 0.29) is 17.9 Å². The van der Waals surface area contributed by atoms with Crippen molar-refractivity contribution in [3.63, 3.8) is 0 Å². The molecular formula is C26H28N2O2S. The Bertz CT molecular complexity index is 1060. The number of aryl methyl sites for hydroxylation is 1. The highest BCUT2D eigenvalue weighted by molar-refractivity contribution is 7.10. The molecule has 2 amide bonds. The molecule has 1 aliphatic rings. The Hall–Kier alpha value is -2.92. The molecule has 2 unspecified atom stereocenters. The largest absolute Gasteiger partial charge is 0.329 e. The number of rotatable bonds is 6. The van der Waals surface area contributed by atoms with Gasteiger partial charge in [0.05, 0.1) is 12.0 Å². The lowest BCUT2D eigenvalue weighted by Crippen LogP contribution is -2.47. The summed E-state index contributed by atoms with van der Waals surface area (Å²) in [4.78, 5) is 30.1. The van der Waals surface area contributed by atoms with E-state index in [1.807, 2.05) is 70.9 Å². The van der Waals surface area contributed by atoms with E-state index in [1.165, 1.54) is 5.56 Å². The number of fused-ring (bicyclic) bond motifs is 1. The average Bonchev–Trinajstić information content (AvgIpc) is 3.30. The molecule has 31 heavy (non-hydrogen) atoms. The Labute approximate surface area is 187 Å². The monoisotopic (exact) mass is 432 g/mol. The SMILES string of the molecule is CCc1ccc(NC(=O)C2c3ccccc3C(=O)N(CC(C)C)C2c2cccs2)cc1. The van der Waals surface area contributed by atoms with Crippen LogP contribution in [0.2, 0.25) is 0 Å². The summed E-state index contributed by atoms with van der Waals surface area (Å²) in [6, 6.07) is 19.2. The smallest absolute Gasteiger partial charge is 0.254 e. The number of nitrogens with zero attached hydrogens (tertiary/aromatic N) is 1. The van der Waals surface area contributed by atoms with Gasteiger partial charge in [-0.05, 0) is 53.1 Å². The first kappa shape index (κ1) is 21.3. The molecule has 5 heteroatoms. The van der Waals surface area contributed by atoms with Gasteiger partial charge in [-0.25, -0.2) is 0 Å². The third-order valence-corrected chi connectivity index (χ3v) is 6.69. The summed E-state index contributed by atoms with van der Waals surface area (Å²) < 4.78 is 0. The lowest BCUT2D eigenvalue weighted by Gasteiger charge is -2.42. The van der Waals surface area contributed by atoms with Gasteiger partial charge in [-0.1, -0.05) is 57.2 Å². The fourth-order valence-corrected chi connectivity index (χ4v) is 5.16. The van der Waals surface area contributed by atoms with Crippen molar-refractivity contribution in [2.75, 3.05) is 11.9 Å². The molecule has 2 atom stereocenters. The molecule has 0 saturated carbocycles. The Morgan fingerprint density at radius 2 is 1.81 bits per heavy atom. The standard InChI is InChI=1S/C26H28N2O2S/c1-4-18-11-13-19(14-12-18)27-25(29)23-20-8-5-6-9-21(20)26(30)28(16-17(2)3)24(23)22-10-7-15-31-22/h5-15,17,23-24H,4,16H2,1-3H3,(H,27,29). The maximum absolute atomic E-state index is 13.7. The molecule has 3 aromatic rings. The summed E-state index contributed by atoms with van der Waals surface area (Å²) >= 11 is 1.60. The maximum Gasteiger partial charge on any atom is 0.254 e. The Morgan fingerprint density at radius 3 is 2.45 bits per heavy atom. The molecular weight excluding hydrogens is 404 g/mol. The normalized spacial score (nSPS) is 18.2. The van der Waals surface area contributed by atoms with Gasteiger partial charge in [-0.15, -0.1) is 11.3 Å². The average molecular weight is 433 g/mol.